The van der Waals surface area contributed by atoms with Gasteiger partial charge in [-0.3, -0.25) is 0 Å². The minimum absolute atomic E-state index is 0.509. The first-order valence-electron chi connectivity index (χ1n) is 4.23. The van der Waals surface area contributed by atoms with Crippen molar-refractivity contribution in [3.8, 4) is 0 Å². The molecule has 0 saturated carbocycles. The highest BCUT2D eigenvalue weighted by atomic mass is 32.1. The summed E-state index contributed by atoms with van der Waals surface area (Å²) in [6, 6.07) is 0. The number of anilines is 1. The fraction of sp³-hybridized carbons (Fsp3) is 0.625. The van der Waals surface area contributed by atoms with Crippen LogP contribution in [0.4, 0.5) is 5.13 Å². The van der Waals surface area contributed by atoms with E-state index in [0.717, 1.165) is 4.88 Å². The number of ether oxygens (including phenoxy) is 1. The second kappa shape index (κ2) is 3.25. The highest BCUT2D eigenvalue weighted by molar-refractivity contribution is 7.15. The van der Waals surface area contributed by atoms with E-state index in [0.29, 0.717) is 31.2 Å². The Morgan fingerprint density at radius 2 is 2.23 bits per heavy atom. The van der Waals surface area contributed by atoms with Gasteiger partial charge in [0.2, 0.25) is 0 Å². The van der Waals surface area contributed by atoms with Crippen LogP contribution in [-0.2, 0) is 10.3 Å². The van der Waals surface area contributed by atoms with Gasteiger partial charge in [-0.2, -0.15) is 0 Å². The molecule has 0 amide bonds. The molecule has 3 N–H and O–H groups in total. The minimum atomic E-state index is -0.756. The second-order valence-electron chi connectivity index (χ2n) is 3.21. The first-order chi connectivity index (χ1) is 6.21. The number of hydrogen-bond donors (Lipinski definition) is 2. The van der Waals surface area contributed by atoms with Crippen molar-refractivity contribution in [1.82, 2.24) is 4.98 Å². The topological polar surface area (TPSA) is 68.4 Å². The first-order valence-corrected chi connectivity index (χ1v) is 5.04. The van der Waals surface area contributed by atoms with E-state index in [4.69, 9.17) is 10.5 Å². The third kappa shape index (κ3) is 1.67. The van der Waals surface area contributed by atoms with Crippen LogP contribution in [0.5, 0.6) is 0 Å². The maximum Gasteiger partial charge on any atom is 0.180 e. The van der Waals surface area contributed by atoms with E-state index in [1.54, 1.807) is 6.20 Å². The monoisotopic (exact) mass is 200 g/mol. The van der Waals surface area contributed by atoms with Gasteiger partial charge in [0.15, 0.2) is 5.13 Å². The molecule has 5 heteroatoms. The minimum Gasteiger partial charge on any atom is -0.384 e. The van der Waals surface area contributed by atoms with Crippen molar-refractivity contribution in [3.05, 3.63) is 11.1 Å². The Morgan fingerprint density at radius 3 is 2.77 bits per heavy atom. The molecule has 0 radical (unpaired) electrons. The van der Waals surface area contributed by atoms with Gasteiger partial charge in [0.05, 0.1) is 4.88 Å². The van der Waals surface area contributed by atoms with Crippen LogP contribution >= 0.6 is 11.3 Å². The average molecular weight is 200 g/mol. The largest absolute Gasteiger partial charge is 0.384 e. The fourth-order valence-corrected chi connectivity index (χ4v) is 2.29. The van der Waals surface area contributed by atoms with Gasteiger partial charge < -0.3 is 15.6 Å². The van der Waals surface area contributed by atoms with Crippen molar-refractivity contribution in [3.63, 3.8) is 0 Å². The summed E-state index contributed by atoms with van der Waals surface area (Å²) in [5.74, 6) is 0. The van der Waals surface area contributed by atoms with Crippen molar-refractivity contribution < 1.29 is 9.84 Å². The van der Waals surface area contributed by atoms with Gasteiger partial charge >= 0.3 is 0 Å². The molecule has 0 unspecified atom stereocenters. The van der Waals surface area contributed by atoms with Gasteiger partial charge in [-0.25, -0.2) is 4.98 Å². The highest BCUT2D eigenvalue weighted by Gasteiger charge is 2.33. The first kappa shape index (κ1) is 8.93. The van der Waals surface area contributed by atoms with Crippen molar-refractivity contribution in [2.24, 2.45) is 0 Å². The van der Waals surface area contributed by atoms with Gasteiger partial charge in [0.25, 0.3) is 0 Å². The standard InChI is InChI=1S/C8H12N2O2S/c9-7-10-5-6(13-7)8(11)1-3-12-4-2-8/h5,11H,1-4H2,(H2,9,10). The summed E-state index contributed by atoms with van der Waals surface area (Å²) in [7, 11) is 0. The number of nitrogens with two attached hydrogens (primary N) is 1. The zero-order valence-electron chi connectivity index (χ0n) is 7.19. The molecule has 72 valence electrons. The molecule has 4 nitrogen and oxygen atoms in total. The van der Waals surface area contributed by atoms with E-state index < -0.39 is 5.60 Å². The molecule has 0 aromatic carbocycles. The molecule has 0 spiro atoms. The van der Waals surface area contributed by atoms with Crippen LogP contribution in [0.25, 0.3) is 0 Å². The molecule has 1 saturated heterocycles. The van der Waals surface area contributed by atoms with Crippen LogP contribution in [0, 0.1) is 0 Å². The highest BCUT2D eigenvalue weighted by Crippen LogP contribution is 2.35. The predicted octanol–water partition coefficient (Wildman–Crippen LogP) is 0.723. The Bertz CT molecular complexity index is 294. The summed E-state index contributed by atoms with van der Waals surface area (Å²) in [6.07, 6.45) is 2.93. The molecule has 1 fully saturated rings. The molecule has 2 rings (SSSR count). The normalized spacial score (nSPS) is 21.6. The lowest BCUT2D eigenvalue weighted by molar-refractivity contribution is -0.0657. The van der Waals surface area contributed by atoms with Gasteiger partial charge in [0, 0.05) is 32.3 Å². The van der Waals surface area contributed by atoms with Crippen molar-refractivity contribution >= 4 is 16.5 Å². The second-order valence-corrected chi connectivity index (χ2v) is 4.27. The Balaban J connectivity index is 2.22. The Labute approximate surface area is 80.4 Å². The van der Waals surface area contributed by atoms with Crippen LogP contribution in [0.1, 0.15) is 17.7 Å². The molecule has 0 atom stereocenters. The van der Waals surface area contributed by atoms with E-state index >= 15 is 0 Å². The molecule has 1 aliphatic rings. The number of aromatic nitrogens is 1. The van der Waals surface area contributed by atoms with Gasteiger partial charge in [-0.05, 0) is 0 Å². The van der Waals surface area contributed by atoms with Gasteiger partial charge in [0.1, 0.15) is 5.60 Å². The summed E-state index contributed by atoms with van der Waals surface area (Å²) < 4.78 is 5.19. The van der Waals surface area contributed by atoms with Crippen molar-refractivity contribution in [2.45, 2.75) is 18.4 Å². The molecule has 0 aliphatic carbocycles. The third-order valence-corrected chi connectivity index (χ3v) is 3.32. The van der Waals surface area contributed by atoms with Crippen LogP contribution in [0.3, 0.4) is 0 Å². The Kier molecular flexibility index (Phi) is 2.23. The van der Waals surface area contributed by atoms with E-state index in [2.05, 4.69) is 4.98 Å². The molecule has 1 aliphatic heterocycles. The zero-order chi connectivity index (χ0) is 9.31. The van der Waals surface area contributed by atoms with E-state index in [1.807, 2.05) is 0 Å². The van der Waals surface area contributed by atoms with Crippen LogP contribution in [0.15, 0.2) is 6.20 Å². The number of nitrogens with zero attached hydrogens (tertiary/aromatic N) is 1. The van der Waals surface area contributed by atoms with Gasteiger partial charge in [-0.1, -0.05) is 11.3 Å². The molecule has 2 heterocycles. The fourth-order valence-electron chi connectivity index (χ4n) is 1.46. The molecule has 0 bridgehead atoms. The maximum absolute atomic E-state index is 10.2. The number of rotatable bonds is 1. The molecular formula is C8H12N2O2S. The summed E-state index contributed by atoms with van der Waals surface area (Å²) in [5, 5.41) is 10.7. The van der Waals surface area contributed by atoms with E-state index in [1.165, 1.54) is 11.3 Å². The number of nitrogen functional groups attached to an aromatic ring is 1. The maximum atomic E-state index is 10.2. The lowest BCUT2D eigenvalue weighted by Crippen LogP contribution is -2.32. The Hall–Kier alpha value is -0.650. The quantitative estimate of drug-likeness (QED) is 0.701. The summed E-state index contributed by atoms with van der Waals surface area (Å²) in [5.41, 5.74) is 4.75. The van der Waals surface area contributed by atoms with Gasteiger partial charge in [-0.15, -0.1) is 0 Å². The summed E-state index contributed by atoms with van der Waals surface area (Å²) in [4.78, 5) is 4.79. The molecule has 13 heavy (non-hydrogen) atoms. The number of aliphatic hydroxyl groups is 1. The predicted molar refractivity (Wildman–Crippen MR) is 50.5 cm³/mol. The average Bonchev–Trinajstić information content (AvgIpc) is 2.54. The van der Waals surface area contributed by atoms with Crippen LogP contribution < -0.4 is 5.73 Å². The van der Waals surface area contributed by atoms with Crippen molar-refractivity contribution in [1.29, 1.82) is 0 Å². The molecule has 1 aromatic heterocycles. The van der Waals surface area contributed by atoms with Crippen LogP contribution in [-0.4, -0.2) is 23.3 Å². The van der Waals surface area contributed by atoms with Crippen molar-refractivity contribution in [2.75, 3.05) is 18.9 Å². The Morgan fingerprint density at radius 1 is 1.54 bits per heavy atom. The SMILES string of the molecule is Nc1ncc(C2(O)CCOCC2)s1. The molecule has 1 aromatic rings. The zero-order valence-corrected chi connectivity index (χ0v) is 8.01. The third-order valence-electron chi connectivity index (χ3n) is 2.30. The molecular weight excluding hydrogens is 188 g/mol. The van der Waals surface area contributed by atoms with E-state index in [-0.39, 0.29) is 0 Å². The summed E-state index contributed by atoms with van der Waals surface area (Å²) in [6.45, 7) is 1.21. The summed E-state index contributed by atoms with van der Waals surface area (Å²) >= 11 is 1.35. The number of thiazole rings is 1. The van der Waals surface area contributed by atoms with Crippen LogP contribution in [0.2, 0.25) is 0 Å². The van der Waals surface area contributed by atoms with E-state index in [9.17, 15) is 5.11 Å². The smallest absolute Gasteiger partial charge is 0.180 e. The number of hydrogen-bond acceptors (Lipinski definition) is 5. The lowest BCUT2D eigenvalue weighted by atomic mass is 9.93. The lowest BCUT2D eigenvalue weighted by Gasteiger charge is -2.30.